The fourth-order valence-electron chi connectivity index (χ4n) is 1.97. The lowest BCUT2D eigenvalue weighted by molar-refractivity contribution is 0.546. The van der Waals surface area contributed by atoms with E-state index in [2.05, 4.69) is 37.3 Å². The molecule has 0 saturated carbocycles. The van der Waals surface area contributed by atoms with Crippen molar-refractivity contribution in [2.45, 2.75) is 12.5 Å². The van der Waals surface area contributed by atoms with Gasteiger partial charge in [0.15, 0.2) is 0 Å². The summed E-state index contributed by atoms with van der Waals surface area (Å²) in [4.78, 5) is 0. The Balaban J connectivity index is 2.34. The Kier molecular flexibility index (Phi) is 5.57. The Bertz CT molecular complexity index is 622. The Morgan fingerprint density at radius 2 is 1.90 bits per heavy atom. The van der Waals surface area contributed by atoms with Crippen molar-refractivity contribution < 1.29 is 4.39 Å². The smallest absolute Gasteiger partial charge is 0.137 e. The van der Waals surface area contributed by atoms with Crippen molar-refractivity contribution in [2.24, 2.45) is 5.84 Å². The molecule has 0 aliphatic heterocycles. The summed E-state index contributed by atoms with van der Waals surface area (Å²) in [6.07, 6.45) is 0.519. The first-order chi connectivity index (χ1) is 9.54. The third-order valence-corrected chi connectivity index (χ3v) is 5.21. The lowest BCUT2D eigenvalue weighted by Gasteiger charge is -2.19. The first kappa shape index (κ1) is 15.9. The first-order valence-corrected chi connectivity index (χ1v) is 7.84. The molecule has 0 fully saturated rings. The molecule has 106 valence electrons. The summed E-state index contributed by atoms with van der Waals surface area (Å²) in [6.45, 7) is 0. The average molecular weight is 423 g/mol. The van der Waals surface area contributed by atoms with Gasteiger partial charge >= 0.3 is 0 Å². The van der Waals surface area contributed by atoms with E-state index >= 15 is 0 Å². The lowest BCUT2D eigenvalue weighted by Crippen LogP contribution is -2.30. The molecule has 0 spiro atoms. The number of benzene rings is 2. The number of hydrazine groups is 1. The molecule has 2 nitrogen and oxygen atoms in total. The van der Waals surface area contributed by atoms with Crippen molar-refractivity contribution in [3.05, 3.63) is 67.3 Å². The van der Waals surface area contributed by atoms with Crippen LogP contribution in [0.1, 0.15) is 17.2 Å². The molecule has 0 bridgehead atoms. The molecule has 1 unspecified atom stereocenters. The van der Waals surface area contributed by atoms with Gasteiger partial charge in [0.1, 0.15) is 5.82 Å². The topological polar surface area (TPSA) is 38.0 Å². The molecule has 2 rings (SSSR count). The minimum absolute atomic E-state index is 0.210. The van der Waals surface area contributed by atoms with Crippen LogP contribution in [0.3, 0.4) is 0 Å². The first-order valence-electron chi connectivity index (χ1n) is 5.87. The number of nitrogens with two attached hydrogens (primary N) is 1. The molecule has 6 heteroatoms. The van der Waals surface area contributed by atoms with Gasteiger partial charge in [0, 0.05) is 4.47 Å². The van der Waals surface area contributed by atoms with Gasteiger partial charge in [-0.05, 0) is 61.5 Å². The van der Waals surface area contributed by atoms with Crippen molar-refractivity contribution in [1.82, 2.24) is 5.43 Å². The van der Waals surface area contributed by atoms with Crippen LogP contribution in [-0.4, -0.2) is 0 Å². The molecule has 0 aliphatic carbocycles. The molecule has 0 aromatic heterocycles. The van der Waals surface area contributed by atoms with E-state index in [0.717, 1.165) is 15.6 Å². The largest absolute Gasteiger partial charge is 0.271 e. The van der Waals surface area contributed by atoms with Crippen LogP contribution >= 0.6 is 43.5 Å². The third-order valence-electron chi connectivity index (χ3n) is 3.01. The molecule has 2 aromatic carbocycles. The lowest BCUT2D eigenvalue weighted by atomic mass is 9.99. The number of halogens is 4. The predicted molar refractivity (Wildman–Crippen MR) is 87.0 cm³/mol. The Hall–Kier alpha value is -0.460. The Labute approximate surface area is 138 Å². The van der Waals surface area contributed by atoms with Gasteiger partial charge in [-0.25, -0.2) is 4.39 Å². The minimum atomic E-state index is -0.293. The van der Waals surface area contributed by atoms with Crippen LogP contribution in [0.4, 0.5) is 4.39 Å². The van der Waals surface area contributed by atoms with E-state index in [1.165, 1.54) is 6.07 Å². The second-order valence-corrected chi connectivity index (χ2v) is 6.30. The van der Waals surface area contributed by atoms with E-state index in [-0.39, 0.29) is 11.9 Å². The molecule has 0 amide bonds. The van der Waals surface area contributed by atoms with Crippen LogP contribution in [0, 0.1) is 5.82 Å². The van der Waals surface area contributed by atoms with Gasteiger partial charge in [-0.15, -0.1) is 0 Å². The zero-order chi connectivity index (χ0) is 14.7. The fraction of sp³-hybridized carbons (Fsp3) is 0.143. The highest BCUT2D eigenvalue weighted by atomic mass is 79.9. The summed E-state index contributed by atoms with van der Waals surface area (Å²) in [5, 5.41) is 0.600. The Morgan fingerprint density at radius 1 is 1.20 bits per heavy atom. The second-order valence-electron chi connectivity index (χ2n) is 4.28. The summed E-state index contributed by atoms with van der Waals surface area (Å²) in [7, 11) is 0. The number of hydrogen-bond acceptors (Lipinski definition) is 2. The number of hydrogen-bond donors (Lipinski definition) is 2. The molecule has 0 saturated heterocycles. The molecule has 0 aliphatic rings. The van der Waals surface area contributed by atoms with Gasteiger partial charge in [0.25, 0.3) is 0 Å². The maximum absolute atomic E-state index is 13.5. The normalized spacial score (nSPS) is 12.4. The summed E-state index contributed by atoms with van der Waals surface area (Å²) >= 11 is 12.9. The number of nitrogens with one attached hydrogen (secondary N) is 1. The maximum Gasteiger partial charge on any atom is 0.137 e. The quantitative estimate of drug-likeness (QED) is 0.551. The van der Waals surface area contributed by atoms with Crippen LogP contribution < -0.4 is 11.3 Å². The third kappa shape index (κ3) is 3.40. The summed E-state index contributed by atoms with van der Waals surface area (Å²) < 4.78 is 14.8. The summed E-state index contributed by atoms with van der Waals surface area (Å²) in [5.74, 6) is 5.33. The van der Waals surface area contributed by atoms with Gasteiger partial charge in [-0.2, -0.15) is 0 Å². The SMILES string of the molecule is NNC(Cc1cccc(F)c1Br)c1cccc(Br)c1Cl. The van der Waals surface area contributed by atoms with Crippen LogP contribution in [-0.2, 0) is 6.42 Å². The maximum atomic E-state index is 13.5. The van der Waals surface area contributed by atoms with Gasteiger partial charge in [0.2, 0.25) is 0 Å². The molecule has 1 atom stereocenters. The van der Waals surface area contributed by atoms with Crippen LogP contribution in [0.15, 0.2) is 45.3 Å². The highest BCUT2D eigenvalue weighted by Gasteiger charge is 2.17. The molecular formula is C14H12Br2ClFN2. The van der Waals surface area contributed by atoms with Crippen molar-refractivity contribution in [1.29, 1.82) is 0 Å². The van der Waals surface area contributed by atoms with Gasteiger partial charge in [0.05, 0.1) is 15.5 Å². The van der Waals surface area contributed by atoms with Crippen LogP contribution in [0.25, 0.3) is 0 Å². The van der Waals surface area contributed by atoms with E-state index in [1.54, 1.807) is 6.07 Å². The van der Waals surface area contributed by atoms with Crippen molar-refractivity contribution in [3.8, 4) is 0 Å². The van der Waals surface area contributed by atoms with Gasteiger partial charge < -0.3 is 0 Å². The monoisotopic (exact) mass is 420 g/mol. The average Bonchev–Trinajstić information content (AvgIpc) is 2.44. The van der Waals surface area contributed by atoms with Crippen LogP contribution in [0.5, 0.6) is 0 Å². The molecule has 0 radical (unpaired) electrons. The molecule has 3 N–H and O–H groups in total. The van der Waals surface area contributed by atoms with Crippen molar-refractivity contribution >= 4 is 43.5 Å². The summed E-state index contributed by atoms with van der Waals surface area (Å²) in [5.41, 5.74) is 4.42. The highest BCUT2D eigenvalue weighted by Crippen LogP contribution is 2.33. The van der Waals surface area contributed by atoms with Gasteiger partial charge in [-0.1, -0.05) is 35.9 Å². The highest BCUT2D eigenvalue weighted by molar-refractivity contribution is 9.10. The standard InChI is InChI=1S/C14H12Br2ClFN2/c15-10-5-2-4-9(14(10)17)12(20-19)7-8-3-1-6-11(18)13(8)16/h1-6,12,20H,7,19H2. The van der Waals surface area contributed by atoms with E-state index in [9.17, 15) is 4.39 Å². The number of rotatable bonds is 4. The summed E-state index contributed by atoms with van der Waals surface area (Å²) in [6, 6.07) is 10.4. The second kappa shape index (κ2) is 7.00. The zero-order valence-electron chi connectivity index (χ0n) is 10.3. The van der Waals surface area contributed by atoms with E-state index in [4.69, 9.17) is 17.4 Å². The van der Waals surface area contributed by atoms with Crippen molar-refractivity contribution in [2.75, 3.05) is 0 Å². The van der Waals surface area contributed by atoms with E-state index < -0.39 is 0 Å². The minimum Gasteiger partial charge on any atom is -0.271 e. The van der Waals surface area contributed by atoms with E-state index in [1.807, 2.05) is 24.3 Å². The molecule has 0 heterocycles. The Morgan fingerprint density at radius 3 is 2.60 bits per heavy atom. The predicted octanol–water partition coefficient (Wildman–Crippen LogP) is 4.75. The van der Waals surface area contributed by atoms with Crippen molar-refractivity contribution in [3.63, 3.8) is 0 Å². The van der Waals surface area contributed by atoms with Crippen LogP contribution in [0.2, 0.25) is 5.02 Å². The van der Waals surface area contributed by atoms with Gasteiger partial charge in [-0.3, -0.25) is 11.3 Å². The van der Waals surface area contributed by atoms with E-state index in [0.29, 0.717) is 15.9 Å². The molecule has 20 heavy (non-hydrogen) atoms. The zero-order valence-corrected chi connectivity index (χ0v) is 14.3. The molecule has 2 aromatic rings. The molecular weight excluding hydrogens is 410 g/mol. The fourth-order valence-corrected chi connectivity index (χ4v) is 3.04.